The van der Waals surface area contributed by atoms with E-state index < -0.39 is 35.4 Å². The van der Waals surface area contributed by atoms with Crippen LogP contribution in [0, 0.1) is 30.1 Å². The molecule has 14 heteroatoms. The van der Waals surface area contributed by atoms with Gasteiger partial charge >= 0.3 is 12.3 Å². The summed E-state index contributed by atoms with van der Waals surface area (Å²) < 4.78 is 53.7. The van der Waals surface area contributed by atoms with Crippen molar-refractivity contribution < 1.29 is 37.0 Å². The van der Waals surface area contributed by atoms with Gasteiger partial charge in [-0.05, 0) is 56.9 Å². The number of carbonyl (C=O) groups excluding carboxylic acids is 3. The lowest BCUT2D eigenvalue weighted by atomic mass is 9.98. The second-order valence-electron chi connectivity index (χ2n) is 14.2. The molecule has 3 amide bonds. The molecule has 0 aromatic carbocycles. The fourth-order valence-corrected chi connectivity index (χ4v) is 7.93. The molecule has 3 aliphatic heterocycles. The zero-order chi connectivity index (χ0) is 33.1. The van der Waals surface area contributed by atoms with Crippen molar-refractivity contribution in [2.45, 2.75) is 72.2 Å². The first kappa shape index (κ1) is 30.9. The first-order chi connectivity index (χ1) is 21.4. The number of aryl methyl sites for hydroxylation is 1. The summed E-state index contributed by atoms with van der Waals surface area (Å²) in [6.07, 6.45) is -3.99. The normalized spacial score (nSPS) is 25.1. The maximum atomic E-state index is 14.0. The third-order valence-corrected chi connectivity index (χ3v) is 10.5. The van der Waals surface area contributed by atoms with Gasteiger partial charge in [-0.25, -0.2) is 9.78 Å². The predicted octanol–water partition coefficient (Wildman–Crippen LogP) is 5.83. The Morgan fingerprint density at radius 1 is 1.20 bits per heavy atom. The molecule has 4 atom stereocenters. The second-order valence-corrected chi connectivity index (χ2v) is 15.3. The number of alkyl halides is 3. The molecule has 0 spiro atoms. The standard InChI is InChI=1S/C32H34F3N5O5S/c1-14-9-19(32(33,34)35)37-23(22(14)38-26(41)15-11-39(12-15)29(43)45-30(2,3)4)17-7-8-36-18-10-16(46-25(17)18)13-40-27(42)21-20(31(21,5)6)24-28(40)44-24/h7-10,15,20-21,24,28H,11-13H2,1-6H3,(H,38,41). The van der Waals surface area contributed by atoms with E-state index in [2.05, 4.69) is 29.1 Å². The number of anilines is 1. The van der Waals surface area contributed by atoms with Crippen LogP contribution in [0.25, 0.3) is 21.5 Å². The molecule has 1 N–H and O–H groups in total. The van der Waals surface area contributed by atoms with Gasteiger partial charge in [-0.15, -0.1) is 11.3 Å². The van der Waals surface area contributed by atoms with Gasteiger partial charge in [0.1, 0.15) is 17.4 Å². The van der Waals surface area contributed by atoms with E-state index in [-0.39, 0.29) is 65.5 Å². The van der Waals surface area contributed by atoms with Gasteiger partial charge in [0.25, 0.3) is 0 Å². The summed E-state index contributed by atoms with van der Waals surface area (Å²) in [5.74, 6) is -0.789. The van der Waals surface area contributed by atoms with Crippen LogP contribution < -0.4 is 5.32 Å². The quantitative estimate of drug-likeness (QED) is 0.343. The Labute approximate surface area is 267 Å². The molecule has 1 aliphatic carbocycles. The van der Waals surface area contributed by atoms with E-state index in [0.29, 0.717) is 22.3 Å². The Kier molecular flexibility index (Phi) is 6.78. The lowest BCUT2D eigenvalue weighted by Gasteiger charge is -2.38. The Morgan fingerprint density at radius 2 is 1.91 bits per heavy atom. The molecular weight excluding hydrogens is 623 g/mol. The number of pyridine rings is 2. The van der Waals surface area contributed by atoms with E-state index in [0.717, 1.165) is 10.9 Å². The van der Waals surface area contributed by atoms with Crippen molar-refractivity contribution in [1.82, 2.24) is 19.8 Å². The van der Waals surface area contributed by atoms with Gasteiger partial charge in [0.2, 0.25) is 11.8 Å². The summed E-state index contributed by atoms with van der Waals surface area (Å²) in [6.45, 7) is 11.4. The van der Waals surface area contributed by atoms with Crippen molar-refractivity contribution in [3.8, 4) is 11.3 Å². The molecule has 3 saturated heterocycles. The molecule has 1 saturated carbocycles. The number of halogens is 3. The van der Waals surface area contributed by atoms with Crippen LogP contribution >= 0.6 is 11.3 Å². The van der Waals surface area contributed by atoms with E-state index in [9.17, 15) is 27.6 Å². The van der Waals surface area contributed by atoms with Crippen molar-refractivity contribution >= 4 is 45.1 Å². The number of ether oxygens (including phenoxy) is 2. The summed E-state index contributed by atoms with van der Waals surface area (Å²) >= 11 is 1.32. The maximum absolute atomic E-state index is 14.0. The molecule has 0 radical (unpaired) electrons. The highest BCUT2D eigenvalue weighted by Gasteiger charge is 2.76. The first-order valence-electron chi connectivity index (χ1n) is 15.2. The van der Waals surface area contributed by atoms with E-state index in [1.165, 1.54) is 29.4 Å². The van der Waals surface area contributed by atoms with Gasteiger partial charge in [-0.3, -0.25) is 14.6 Å². The lowest BCUT2D eigenvalue weighted by Crippen LogP contribution is -2.55. The number of hydrogen-bond donors (Lipinski definition) is 1. The van der Waals surface area contributed by atoms with Crippen molar-refractivity contribution in [2.24, 2.45) is 23.2 Å². The number of carbonyl (C=O) groups is 3. The number of amides is 3. The van der Waals surface area contributed by atoms with Gasteiger partial charge in [0, 0.05) is 41.6 Å². The van der Waals surface area contributed by atoms with E-state index in [1.807, 2.05) is 6.07 Å². The molecule has 4 aliphatic rings. The van der Waals surface area contributed by atoms with Gasteiger partial charge in [-0.2, -0.15) is 13.2 Å². The molecule has 10 nitrogen and oxygen atoms in total. The Bertz CT molecular complexity index is 1790. The molecule has 3 aromatic rings. The van der Waals surface area contributed by atoms with Crippen molar-refractivity contribution in [1.29, 1.82) is 0 Å². The van der Waals surface area contributed by atoms with Crippen LogP contribution in [0.5, 0.6) is 0 Å². The van der Waals surface area contributed by atoms with E-state index in [1.54, 1.807) is 31.7 Å². The Balaban J connectivity index is 1.18. The number of rotatable bonds is 5. The number of nitrogens with one attached hydrogen (secondary N) is 1. The number of nitrogens with zero attached hydrogens (tertiary/aromatic N) is 4. The summed E-state index contributed by atoms with van der Waals surface area (Å²) in [6, 6.07) is 4.32. The Hall–Kier alpha value is -3.78. The van der Waals surface area contributed by atoms with Crippen LogP contribution in [-0.2, 0) is 31.8 Å². The SMILES string of the molecule is Cc1cc(C(F)(F)F)nc(-c2ccnc3cc(CN4C(=O)C5C(C6OC64)C5(C)C)sc23)c1NC(=O)C1CN(C(=O)OC(C)(C)C)C1. The molecule has 6 heterocycles. The molecular formula is C32H34F3N5O5S. The molecule has 0 bridgehead atoms. The number of thiophene rings is 1. The lowest BCUT2D eigenvalue weighted by molar-refractivity contribution is -0.141. The largest absolute Gasteiger partial charge is 0.444 e. The number of aromatic nitrogens is 2. The summed E-state index contributed by atoms with van der Waals surface area (Å²) in [5, 5.41) is 2.80. The molecule has 46 heavy (non-hydrogen) atoms. The monoisotopic (exact) mass is 657 g/mol. The third-order valence-electron chi connectivity index (χ3n) is 9.33. The topological polar surface area (TPSA) is 117 Å². The minimum absolute atomic E-state index is 0.0352. The number of epoxide rings is 1. The predicted molar refractivity (Wildman–Crippen MR) is 162 cm³/mol. The summed E-state index contributed by atoms with van der Waals surface area (Å²) in [7, 11) is 0. The van der Waals surface area contributed by atoms with Crippen LogP contribution in [0.2, 0.25) is 0 Å². The average molecular weight is 658 g/mol. The minimum atomic E-state index is -4.72. The summed E-state index contributed by atoms with van der Waals surface area (Å²) in [4.78, 5) is 51.4. The smallest absolute Gasteiger partial charge is 0.433 e. The first-order valence-corrected chi connectivity index (χ1v) is 16.0. The van der Waals surface area contributed by atoms with Gasteiger partial charge in [0.15, 0.2) is 6.23 Å². The highest BCUT2D eigenvalue weighted by Crippen LogP contribution is 2.68. The van der Waals surface area contributed by atoms with Crippen molar-refractivity contribution in [2.75, 3.05) is 18.4 Å². The average Bonchev–Trinajstić information content (AvgIpc) is 3.75. The van der Waals surface area contributed by atoms with Gasteiger partial charge in [-0.1, -0.05) is 13.8 Å². The van der Waals surface area contributed by atoms with Crippen LogP contribution in [-0.4, -0.2) is 68.7 Å². The molecule has 244 valence electrons. The van der Waals surface area contributed by atoms with Crippen LogP contribution in [0.4, 0.5) is 23.7 Å². The summed E-state index contributed by atoms with van der Waals surface area (Å²) in [5.41, 5.74) is -0.643. The minimum Gasteiger partial charge on any atom is -0.444 e. The number of fused-ring (bicyclic) bond motifs is 4. The number of piperidine rings is 1. The molecule has 4 fully saturated rings. The van der Waals surface area contributed by atoms with Gasteiger partial charge in [0.05, 0.1) is 34.1 Å². The highest BCUT2D eigenvalue weighted by atomic mass is 32.1. The number of likely N-dealkylation sites (tertiary alicyclic amines) is 2. The zero-order valence-electron chi connectivity index (χ0n) is 26.2. The zero-order valence-corrected chi connectivity index (χ0v) is 27.0. The molecule has 7 rings (SSSR count). The van der Waals surface area contributed by atoms with E-state index in [4.69, 9.17) is 9.47 Å². The Morgan fingerprint density at radius 3 is 2.59 bits per heavy atom. The maximum Gasteiger partial charge on any atom is 0.433 e. The fraction of sp³-hybridized carbons (Fsp3) is 0.531. The van der Waals surface area contributed by atoms with Gasteiger partial charge < -0.3 is 24.6 Å². The van der Waals surface area contributed by atoms with Crippen LogP contribution in [0.15, 0.2) is 24.4 Å². The fourth-order valence-electron chi connectivity index (χ4n) is 6.80. The second kappa shape index (κ2) is 10.1. The van der Waals surface area contributed by atoms with E-state index >= 15 is 0 Å². The third kappa shape index (κ3) is 5.19. The van der Waals surface area contributed by atoms with Crippen LogP contribution in [0.1, 0.15) is 50.8 Å². The number of hydrogen-bond acceptors (Lipinski definition) is 8. The molecule has 4 unspecified atom stereocenters. The highest BCUT2D eigenvalue weighted by molar-refractivity contribution is 7.19. The molecule has 3 aromatic heterocycles. The van der Waals surface area contributed by atoms with Crippen molar-refractivity contribution in [3.63, 3.8) is 0 Å². The van der Waals surface area contributed by atoms with Crippen LogP contribution in [0.3, 0.4) is 0 Å². The van der Waals surface area contributed by atoms with Crippen molar-refractivity contribution in [3.05, 3.63) is 40.5 Å².